The maximum absolute atomic E-state index is 3.65. The first-order valence-corrected chi connectivity index (χ1v) is 9.22. The fourth-order valence-corrected chi connectivity index (χ4v) is 3.74. The summed E-state index contributed by atoms with van der Waals surface area (Å²) in [5.74, 6) is 0.914. The highest BCUT2D eigenvalue weighted by Gasteiger charge is 2.20. The molecule has 2 atom stereocenters. The topological polar surface area (TPSA) is 15.3 Å². The van der Waals surface area contributed by atoms with Crippen LogP contribution < -0.4 is 10.2 Å². The molecule has 0 saturated carbocycles. The average Bonchev–Trinajstić information content (AvgIpc) is 2.72. The van der Waals surface area contributed by atoms with Crippen LogP contribution in [0.1, 0.15) is 58.1 Å². The van der Waals surface area contributed by atoms with Crippen LogP contribution in [0, 0.1) is 5.92 Å². The van der Waals surface area contributed by atoms with E-state index in [-0.39, 0.29) is 0 Å². The molecule has 0 spiro atoms. The number of nitrogens with zero attached hydrogens (tertiary/aromatic N) is 1. The van der Waals surface area contributed by atoms with E-state index in [9.17, 15) is 0 Å². The van der Waals surface area contributed by atoms with Crippen LogP contribution in [0.3, 0.4) is 0 Å². The second kappa shape index (κ2) is 8.19. The smallest absolute Gasteiger partial charge is 0.0425 e. The number of hydrogen-bond acceptors (Lipinski definition) is 2. The number of anilines is 1. The van der Waals surface area contributed by atoms with Crippen molar-refractivity contribution in [1.29, 1.82) is 0 Å². The molecule has 1 saturated heterocycles. The zero-order valence-corrected chi connectivity index (χ0v) is 15.2. The van der Waals surface area contributed by atoms with Gasteiger partial charge in [-0.25, -0.2) is 0 Å². The van der Waals surface area contributed by atoms with E-state index in [1.54, 1.807) is 0 Å². The zero-order chi connectivity index (χ0) is 15.2. The van der Waals surface area contributed by atoms with Crippen LogP contribution in [0.15, 0.2) is 22.7 Å². The third-order valence-electron chi connectivity index (χ3n) is 4.74. The second-order valence-electron chi connectivity index (χ2n) is 6.17. The third-order valence-corrected chi connectivity index (χ3v) is 5.23. The van der Waals surface area contributed by atoms with Crippen molar-refractivity contribution in [2.75, 3.05) is 24.5 Å². The molecule has 0 amide bonds. The van der Waals surface area contributed by atoms with Gasteiger partial charge in [-0.05, 0) is 56.3 Å². The molecule has 1 aliphatic heterocycles. The minimum atomic E-state index is 0.406. The van der Waals surface area contributed by atoms with E-state index in [2.05, 4.69) is 65.1 Å². The van der Waals surface area contributed by atoms with Crippen LogP contribution in [0.5, 0.6) is 0 Å². The molecule has 2 rings (SSSR count). The largest absolute Gasteiger partial charge is 0.371 e. The van der Waals surface area contributed by atoms with Crippen LogP contribution in [-0.2, 0) is 0 Å². The van der Waals surface area contributed by atoms with Crippen LogP contribution in [-0.4, -0.2) is 19.6 Å². The fraction of sp³-hybridized carbons (Fsp3) is 0.667. The van der Waals surface area contributed by atoms with Crippen molar-refractivity contribution in [2.45, 2.75) is 52.5 Å². The zero-order valence-electron chi connectivity index (χ0n) is 13.7. The van der Waals surface area contributed by atoms with Gasteiger partial charge >= 0.3 is 0 Å². The van der Waals surface area contributed by atoms with E-state index < -0.39 is 0 Å². The molecule has 0 aliphatic carbocycles. The molecule has 21 heavy (non-hydrogen) atoms. The summed E-state index contributed by atoms with van der Waals surface area (Å²) in [5.41, 5.74) is 2.84. The predicted molar refractivity (Wildman–Crippen MR) is 96.1 cm³/mol. The highest BCUT2D eigenvalue weighted by atomic mass is 79.9. The van der Waals surface area contributed by atoms with Crippen molar-refractivity contribution in [3.63, 3.8) is 0 Å². The molecule has 1 N–H and O–H groups in total. The van der Waals surface area contributed by atoms with Gasteiger partial charge in [-0.15, -0.1) is 0 Å². The van der Waals surface area contributed by atoms with Crippen molar-refractivity contribution in [1.82, 2.24) is 5.32 Å². The first kappa shape index (κ1) is 16.8. The Hall–Kier alpha value is -0.540. The maximum atomic E-state index is 3.65. The normalized spacial score (nSPS) is 21.1. The Bertz CT molecular complexity index is 447. The Kier molecular flexibility index (Phi) is 6.56. The van der Waals surface area contributed by atoms with Gasteiger partial charge in [-0.1, -0.05) is 42.3 Å². The monoisotopic (exact) mass is 352 g/mol. The molecule has 118 valence electrons. The minimum absolute atomic E-state index is 0.406. The molecule has 1 aromatic rings. The highest BCUT2D eigenvalue weighted by molar-refractivity contribution is 9.10. The van der Waals surface area contributed by atoms with Gasteiger partial charge in [0.25, 0.3) is 0 Å². The Morgan fingerprint density at radius 1 is 1.29 bits per heavy atom. The standard InChI is InChI=1S/C18H29BrN2/c1-4-15-7-6-11-21(12-10-15)18-13-16(19)8-9-17(18)14(3)20-5-2/h8-9,13-15,20H,4-7,10-12H2,1-3H3. The Morgan fingerprint density at radius 2 is 2.10 bits per heavy atom. The van der Waals surface area contributed by atoms with E-state index in [4.69, 9.17) is 0 Å². The summed E-state index contributed by atoms with van der Waals surface area (Å²) in [4.78, 5) is 2.60. The molecule has 1 fully saturated rings. The van der Waals surface area contributed by atoms with Gasteiger partial charge in [0.2, 0.25) is 0 Å². The number of halogens is 1. The number of nitrogens with one attached hydrogen (secondary N) is 1. The molecule has 1 aliphatic rings. The van der Waals surface area contributed by atoms with Crippen molar-refractivity contribution in [2.24, 2.45) is 5.92 Å². The number of hydrogen-bond donors (Lipinski definition) is 1. The molecule has 3 heteroatoms. The Labute approximate surface area is 138 Å². The van der Waals surface area contributed by atoms with E-state index in [0.29, 0.717) is 6.04 Å². The molecule has 0 radical (unpaired) electrons. The number of rotatable bonds is 5. The summed E-state index contributed by atoms with van der Waals surface area (Å²) in [5, 5.41) is 3.55. The molecule has 0 aromatic heterocycles. The van der Waals surface area contributed by atoms with E-state index in [1.165, 1.54) is 54.5 Å². The van der Waals surface area contributed by atoms with E-state index in [1.807, 2.05) is 0 Å². The van der Waals surface area contributed by atoms with Gasteiger partial charge in [0.1, 0.15) is 0 Å². The SMILES string of the molecule is CCNC(C)c1ccc(Br)cc1N1CCCC(CC)CC1. The summed E-state index contributed by atoms with van der Waals surface area (Å²) in [7, 11) is 0. The second-order valence-corrected chi connectivity index (χ2v) is 7.09. The molecule has 2 nitrogen and oxygen atoms in total. The fourth-order valence-electron chi connectivity index (χ4n) is 3.39. The lowest BCUT2D eigenvalue weighted by atomic mass is 9.98. The highest BCUT2D eigenvalue weighted by Crippen LogP contribution is 2.32. The lowest BCUT2D eigenvalue weighted by Gasteiger charge is -2.28. The summed E-state index contributed by atoms with van der Waals surface area (Å²) in [6, 6.07) is 7.15. The lowest BCUT2D eigenvalue weighted by Crippen LogP contribution is -2.27. The van der Waals surface area contributed by atoms with Crippen molar-refractivity contribution in [3.8, 4) is 0 Å². The molecule has 2 unspecified atom stereocenters. The van der Waals surface area contributed by atoms with Gasteiger partial charge in [0, 0.05) is 29.3 Å². The van der Waals surface area contributed by atoms with Crippen LogP contribution in [0.4, 0.5) is 5.69 Å². The van der Waals surface area contributed by atoms with Gasteiger partial charge in [-0.3, -0.25) is 0 Å². The van der Waals surface area contributed by atoms with Gasteiger partial charge in [0.15, 0.2) is 0 Å². The molecular weight excluding hydrogens is 324 g/mol. The quantitative estimate of drug-likeness (QED) is 0.789. The molecular formula is C18H29BrN2. The first-order valence-electron chi connectivity index (χ1n) is 8.43. The van der Waals surface area contributed by atoms with Crippen LogP contribution >= 0.6 is 15.9 Å². The van der Waals surface area contributed by atoms with Crippen molar-refractivity contribution in [3.05, 3.63) is 28.2 Å². The molecule has 0 bridgehead atoms. The molecule has 1 heterocycles. The Morgan fingerprint density at radius 3 is 2.81 bits per heavy atom. The van der Waals surface area contributed by atoms with Gasteiger partial charge in [-0.2, -0.15) is 0 Å². The number of benzene rings is 1. The van der Waals surface area contributed by atoms with Crippen LogP contribution in [0.2, 0.25) is 0 Å². The Balaban J connectivity index is 2.22. The summed E-state index contributed by atoms with van der Waals surface area (Å²) < 4.78 is 1.18. The van der Waals surface area contributed by atoms with Crippen molar-refractivity contribution < 1.29 is 0 Å². The van der Waals surface area contributed by atoms with Crippen molar-refractivity contribution >= 4 is 21.6 Å². The summed E-state index contributed by atoms with van der Waals surface area (Å²) in [6.45, 7) is 10.2. The summed E-state index contributed by atoms with van der Waals surface area (Å²) in [6.07, 6.45) is 5.37. The maximum Gasteiger partial charge on any atom is 0.0425 e. The lowest BCUT2D eigenvalue weighted by molar-refractivity contribution is 0.459. The van der Waals surface area contributed by atoms with Gasteiger partial charge in [0.05, 0.1) is 0 Å². The molecule has 1 aromatic carbocycles. The van der Waals surface area contributed by atoms with Crippen LogP contribution in [0.25, 0.3) is 0 Å². The summed E-state index contributed by atoms with van der Waals surface area (Å²) >= 11 is 3.65. The predicted octanol–water partition coefficient (Wildman–Crippen LogP) is 5.14. The van der Waals surface area contributed by atoms with E-state index >= 15 is 0 Å². The third kappa shape index (κ3) is 4.46. The van der Waals surface area contributed by atoms with Gasteiger partial charge < -0.3 is 10.2 Å². The average molecular weight is 353 g/mol. The first-order chi connectivity index (χ1) is 10.2. The van der Waals surface area contributed by atoms with E-state index in [0.717, 1.165) is 12.5 Å². The minimum Gasteiger partial charge on any atom is -0.371 e.